The second-order valence-corrected chi connectivity index (χ2v) is 3.55. The van der Waals surface area contributed by atoms with Gasteiger partial charge in [0, 0.05) is 0 Å². The molecule has 0 aliphatic heterocycles. The van der Waals surface area contributed by atoms with E-state index in [9.17, 15) is 4.39 Å². The molecule has 3 heteroatoms. The molecule has 0 aliphatic rings. The molecule has 0 spiro atoms. The van der Waals surface area contributed by atoms with Crippen LogP contribution in [0.3, 0.4) is 0 Å². The van der Waals surface area contributed by atoms with Crippen LogP contribution in [-0.2, 0) is 0 Å². The zero-order chi connectivity index (χ0) is 11.3. The first-order chi connectivity index (χ1) is 7.19. The zero-order valence-corrected chi connectivity index (χ0v) is 8.96. The van der Waals surface area contributed by atoms with Gasteiger partial charge in [-0.05, 0) is 18.1 Å². The minimum Gasteiger partial charge on any atom is -0.492 e. The van der Waals surface area contributed by atoms with E-state index >= 15 is 0 Å². The summed E-state index contributed by atoms with van der Waals surface area (Å²) in [7, 11) is 0. The summed E-state index contributed by atoms with van der Waals surface area (Å²) < 4.78 is 18.6. The molecule has 0 amide bonds. The first kappa shape index (κ1) is 11.5. The van der Waals surface area contributed by atoms with E-state index < -0.39 is 5.82 Å². The molecule has 0 aromatic heterocycles. The van der Waals surface area contributed by atoms with Gasteiger partial charge in [0.15, 0.2) is 0 Å². The summed E-state index contributed by atoms with van der Waals surface area (Å²) in [5.74, 6) is 0.205. The Morgan fingerprint density at radius 1 is 1.53 bits per heavy atom. The SMILES string of the molecule is CCC(C)COc1cccc(F)c1C#N. The molecule has 0 aliphatic carbocycles. The van der Waals surface area contributed by atoms with Gasteiger partial charge in [-0.3, -0.25) is 0 Å². The van der Waals surface area contributed by atoms with Crippen molar-refractivity contribution in [3.63, 3.8) is 0 Å². The van der Waals surface area contributed by atoms with Crippen LogP contribution in [0, 0.1) is 23.1 Å². The molecular weight excluding hydrogens is 193 g/mol. The van der Waals surface area contributed by atoms with Gasteiger partial charge in [0.05, 0.1) is 6.61 Å². The molecule has 1 aromatic carbocycles. The summed E-state index contributed by atoms with van der Waals surface area (Å²) >= 11 is 0. The monoisotopic (exact) mass is 207 g/mol. The van der Waals surface area contributed by atoms with Gasteiger partial charge < -0.3 is 4.74 Å². The molecule has 0 saturated heterocycles. The van der Waals surface area contributed by atoms with Crippen molar-refractivity contribution in [2.75, 3.05) is 6.61 Å². The van der Waals surface area contributed by atoms with Crippen molar-refractivity contribution in [3.8, 4) is 11.8 Å². The molecule has 1 unspecified atom stereocenters. The Labute approximate surface area is 89.3 Å². The molecule has 15 heavy (non-hydrogen) atoms. The number of halogens is 1. The molecule has 1 aromatic rings. The molecule has 0 fully saturated rings. The van der Waals surface area contributed by atoms with E-state index in [1.54, 1.807) is 18.2 Å². The Kier molecular flexibility index (Phi) is 4.11. The lowest BCUT2D eigenvalue weighted by molar-refractivity contribution is 0.255. The third-order valence-corrected chi connectivity index (χ3v) is 2.31. The number of benzene rings is 1. The Bertz CT molecular complexity index is 370. The maximum Gasteiger partial charge on any atom is 0.144 e. The number of rotatable bonds is 4. The van der Waals surface area contributed by atoms with E-state index in [1.807, 2.05) is 6.92 Å². The standard InChI is InChI=1S/C12H14FNO/c1-3-9(2)8-15-12-6-4-5-11(13)10(12)7-14/h4-6,9H,3,8H2,1-2H3. The summed E-state index contributed by atoms with van der Waals surface area (Å²) in [6.07, 6.45) is 0.997. The predicted octanol–water partition coefficient (Wildman–Crippen LogP) is 3.12. The first-order valence-corrected chi connectivity index (χ1v) is 5.00. The molecule has 0 bridgehead atoms. The van der Waals surface area contributed by atoms with Crippen molar-refractivity contribution >= 4 is 0 Å². The van der Waals surface area contributed by atoms with Gasteiger partial charge >= 0.3 is 0 Å². The van der Waals surface area contributed by atoms with E-state index in [0.29, 0.717) is 18.3 Å². The second kappa shape index (κ2) is 5.35. The van der Waals surface area contributed by atoms with Crippen LogP contribution in [0.4, 0.5) is 4.39 Å². The molecule has 0 saturated carbocycles. The van der Waals surface area contributed by atoms with Gasteiger partial charge in [0.2, 0.25) is 0 Å². The van der Waals surface area contributed by atoms with Gasteiger partial charge in [-0.2, -0.15) is 5.26 Å². The normalized spacial score (nSPS) is 11.9. The number of ether oxygens (including phenoxy) is 1. The lowest BCUT2D eigenvalue weighted by Gasteiger charge is -2.11. The fourth-order valence-electron chi connectivity index (χ4n) is 1.08. The molecule has 1 atom stereocenters. The number of nitriles is 1. The number of hydrogen-bond donors (Lipinski definition) is 0. The summed E-state index contributed by atoms with van der Waals surface area (Å²) in [6, 6.07) is 6.22. The largest absolute Gasteiger partial charge is 0.492 e. The van der Waals surface area contributed by atoms with Crippen molar-refractivity contribution in [1.82, 2.24) is 0 Å². The highest BCUT2D eigenvalue weighted by atomic mass is 19.1. The molecule has 2 nitrogen and oxygen atoms in total. The average molecular weight is 207 g/mol. The summed E-state index contributed by atoms with van der Waals surface area (Å²) in [5.41, 5.74) is -0.0131. The minimum atomic E-state index is -0.529. The number of nitrogens with zero attached hydrogens (tertiary/aromatic N) is 1. The summed E-state index contributed by atoms with van der Waals surface area (Å²) in [4.78, 5) is 0. The third-order valence-electron chi connectivity index (χ3n) is 2.31. The van der Waals surface area contributed by atoms with Crippen LogP contribution < -0.4 is 4.74 Å². The van der Waals surface area contributed by atoms with Crippen LogP contribution >= 0.6 is 0 Å². The van der Waals surface area contributed by atoms with Gasteiger partial charge in [-0.25, -0.2) is 4.39 Å². The highest BCUT2D eigenvalue weighted by Crippen LogP contribution is 2.21. The van der Waals surface area contributed by atoms with E-state index in [-0.39, 0.29) is 5.56 Å². The van der Waals surface area contributed by atoms with Crippen LogP contribution in [0.1, 0.15) is 25.8 Å². The Balaban J connectivity index is 2.77. The summed E-state index contributed by atoms with van der Waals surface area (Å²) in [6.45, 7) is 4.62. The van der Waals surface area contributed by atoms with Gasteiger partial charge in [0.1, 0.15) is 23.2 Å². The third kappa shape index (κ3) is 2.95. The van der Waals surface area contributed by atoms with Crippen molar-refractivity contribution < 1.29 is 9.13 Å². The fourth-order valence-corrected chi connectivity index (χ4v) is 1.08. The topological polar surface area (TPSA) is 33.0 Å². The lowest BCUT2D eigenvalue weighted by Crippen LogP contribution is -2.08. The van der Waals surface area contributed by atoms with E-state index in [1.165, 1.54) is 6.07 Å². The lowest BCUT2D eigenvalue weighted by atomic mass is 10.1. The van der Waals surface area contributed by atoms with Crippen LogP contribution in [0.15, 0.2) is 18.2 Å². The highest BCUT2D eigenvalue weighted by Gasteiger charge is 2.09. The highest BCUT2D eigenvalue weighted by molar-refractivity contribution is 5.43. The molecule has 0 N–H and O–H groups in total. The summed E-state index contributed by atoms with van der Waals surface area (Å²) in [5, 5.41) is 8.75. The van der Waals surface area contributed by atoms with Crippen LogP contribution in [0.5, 0.6) is 5.75 Å². The van der Waals surface area contributed by atoms with Crippen molar-refractivity contribution in [1.29, 1.82) is 5.26 Å². The zero-order valence-electron chi connectivity index (χ0n) is 8.96. The Hall–Kier alpha value is -1.56. The van der Waals surface area contributed by atoms with E-state index in [2.05, 4.69) is 6.92 Å². The van der Waals surface area contributed by atoms with Crippen LogP contribution in [-0.4, -0.2) is 6.61 Å². The van der Waals surface area contributed by atoms with Crippen molar-refractivity contribution in [2.45, 2.75) is 20.3 Å². The second-order valence-electron chi connectivity index (χ2n) is 3.55. The average Bonchev–Trinajstić information content (AvgIpc) is 2.25. The molecule has 1 rings (SSSR count). The van der Waals surface area contributed by atoms with Crippen molar-refractivity contribution in [3.05, 3.63) is 29.6 Å². The number of hydrogen-bond acceptors (Lipinski definition) is 2. The van der Waals surface area contributed by atoms with Crippen LogP contribution in [0.2, 0.25) is 0 Å². The fraction of sp³-hybridized carbons (Fsp3) is 0.417. The van der Waals surface area contributed by atoms with Gasteiger partial charge in [-0.15, -0.1) is 0 Å². The smallest absolute Gasteiger partial charge is 0.144 e. The maximum atomic E-state index is 13.2. The molecule has 0 heterocycles. The van der Waals surface area contributed by atoms with Gasteiger partial charge in [0.25, 0.3) is 0 Å². The first-order valence-electron chi connectivity index (χ1n) is 5.00. The van der Waals surface area contributed by atoms with E-state index in [0.717, 1.165) is 6.42 Å². The minimum absolute atomic E-state index is 0.0131. The molecular formula is C12H14FNO. The quantitative estimate of drug-likeness (QED) is 0.759. The Morgan fingerprint density at radius 3 is 2.87 bits per heavy atom. The van der Waals surface area contributed by atoms with Crippen LogP contribution in [0.25, 0.3) is 0 Å². The molecule has 0 radical (unpaired) electrons. The predicted molar refractivity (Wildman–Crippen MR) is 56.1 cm³/mol. The maximum absolute atomic E-state index is 13.2. The molecule has 80 valence electrons. The van der Waals surface area contributed by atoms with Gasteiger partial charge in [-0.1, -0.05) is 26.3 Å². The van der Waals surface area contributed by atoms with Crippen molar-refractivity contribution in [2.24, 2.45) is 5.92 Å². The Morgan fingerprint density at radius 2 is 2.27 bits per heavy atom. The van der Waals surface area contributed by atoms with E-state index in [4.69, 9.17) is 10.00 Å².